The minimum atomic E-state index is -4.29. The van der Waals surface area contributed by atoms with Crippen molar-refractivity contribution in [2.75, 3.05) is 13.2 Å². The van der Waals surface area contributed by atoms with Crippen LogP contribution in [-0.2, 0) is 26.2 Å². The summed E-state index contributed by atoms with van der Waals surface area (Å²) < 4.78 is 43.4. The third-order valence-electron chi connectivity index (χ3n) is 3.67. The molecule has 2 rings (SSSR count). The van der Waals surface area contributed by atoms with Gasteiger partial charge >= 0.3 is 0 Å². The van der Waals surface area contributed by atoms with Gasteiger partial charge in [-0.2, -0.15) is 0 Å². The topological polar surface area (TPSA) is 126 Å². The number of nitrogens with zero attached hydrogens (tertiary/aromatic N) is 1. The first-order chi connectivity index (χ1) is 14.2. The van der Waals surface area contributed by atoms with Gasteiger partial charge in [-0.1, -0.05) is 18.7 Å². The van der Waals surface area contributed by atoms with Crippen molar-refractivity contribution in [3.05, 3.63) is 71.8 Å². The number of ether oxygens (including phenoxy) is 1. The van der Waals surface area contributed by atoms with Crippen molar-refractivity contribution in [3.63, 3.8) is 0 Å². The van der Waals surface area contributed by atoms with Gasteiger partial charge in [0.2, 0.25) is 5.91 Å². The zero-order chi connectivity index (χ0) is 22.1. The first-order valence-electron chi connectivity index (χ1n) is 8.75. The molecule has 0 fully saturated rings. The van der Waals surface area contributed by atoms with Crippen molar-refractivity contribution in [2.45, 2.75) is 18.4 Å². The fourth-order valence-corrected chi connectivity index (χ4v) is 3.26. The molecule has 0 unspecified atom stereocenters. The average molecular weight is 436 g/mol. The third kappa shape index (κ3) is 6.72. The van der Waals surface area contributed by atoms with Crippen molar-refractivity contribution >= 4 is 21.8 Å². The summed E-state index contributed by atoms with van der Waals surface area (Å²) in [5.74, 6) is -2.08. The zero-order valence-corrected chi connectivity index (χ0v) is 17.0. The van der Waals surface area contributed by atoms with Gasteiger partial charge in [-0.05, 0) is 42.8 Å². The van der Waals surface area contributed by atoms with Gasteiger partial charge in [0, 0.05) is 12.2 Å². The van der Waals surface area contributed by atoms with Crippen LogP contribution in [0.2, 0.25) is 0 Å². The van der Waals surface area contributed by atoms with Gasteiger partial charge in [0.1, 0.15) is 16.4 Å². The quantitative estimate of drug-likeness (QED) is 0.289. The van der Waals surface area contributed by atoms with Crippen LogP contribution in [0.5, 0.6) is 0 Å². The number of rotatable bonds is 10. The Kier molecular flexibility index (Phi) is 8.16. The summed E-state index contributed by atoms with van der Waals surface area (Å²) in [5.41, 5.74) is 3.10. The van der Waals surface area contributed by atoms with Gasteiger partial charge in [-0.15, -0.1) is 4.83 Å². The second-order valence-electron chi connectivity index (χ2n) is 6.04. The van der Waals surface area contributed by atoms with Crippen LogP contribution in [0.3, 0.4) is 0 Å². The molecule has 0 aliphatic rings. The van der Waals surface area contributed by atoms with E-state index in [9.17, 15) is 22.4 Å². The summed E-state index contributed by atoms with van der Waals surface area (Å²) in [6.45, 7) is 5.68. The Morgan fingerprint density at radius 3 is 2.70 bits per heavy atom. The smallest absolute Gasteiger partial charge is 0.284 e. The molecular formula is C19H21FN4O5S. The second kappa shape index (κ2) is 10.6. The lowest BCUT2D eigenvalue weighted by atomic mass is 10.2. The first kappa shape index (κ1) is 23.1. The summed E-state index contributed by atoms with van der Waals surface area (Å²) in [7, 11) is -4.29. The molecule has 0 aliphatic heterocycles. The first-order valence-corrected chi connectivity index (χ1v) is 10.2. The summed E-state index contributed by atoms with van der Waals surface area (Å²) in [6.07, 6.45) is 1.15. The van der Waals surface area contributed by atoms with Crippen molar-refractivity contribution in [2.24, 2.45) is 0 Å². The van der Waals surface area contributed by atoms with Crippen molar-refractivity contribution in [1.29, 1.82) is 0 Å². The monoisotopic (exact) mass is 436 g/mol. The van der Waals surface area contributed by atoms with E-state index < -0.39 is 26.6 Å². The van der Waals surface area contributed by atoms with E-state index in [-0.39, 0.29) is 24.8 Å². The Balaban J connectivity index is 1.96. The van der Waals surface area contributed by atoms with Crippen LogP contribution in [-0.4, -0.2) is 38.4 Å². The standard InChI is InChI=1S/C19H21FN4O5S/c1-3-18(25)21-8-9-29-12-14-10-13(2)22-16(11-14)19(26)23-24-30(27,28)17-7-5-4-6-15(17)20/h3-7,10-11,24H,1,8-9,12H2,2H3,(H,21,25)(H,23,26). The molecule has 11 heteroatoms. The summed E-state index contributed by atoms with van der Waals surface area (Å²) in [6, 6.07) is 7.90. The molecule has 1 aromatic carbocycles. The number of pyridine rings is 1. The Morgan fingerprint density at radius 2 is 2.00 bits per heavy atom. The van der Waals surface area contributed by atoms with Gasteiger partial charge in [0.15, 0.2) is 0 Å². The molecule has 160 valence electrons. The molecule has 0 saturated carbocycles. The molecule has 2 amide bonds. The van der Waals surface area contributed by atoms with Gasteiger partial charge in [0.05, 0.1) is 13.2 Å². The van der Waals surface area contributed by atoms with Gasteiger partial charge < -0.3 is 10.1 Å². The highest BCUT2D eigenvalue weighted by molar-refractivity contribution is 7.89. The minimum Gasteiger partial charge on any atom is -0.375 e. The molecule has 1 heterocycles. The summed E-state index contributed by atoms with van der Waals surface area (Å²) in [5, 5.41) is 2.56. The van der Waals surface area contributed by atoms with E-state index in [0.717, 1.165) is 18.2 Å². The molecule has 0 radical (unpaired) electrons. The molecule has 0 saturated heterocycles. The lowest BCUT2D eigenvalue weighted by molar-refractivity contribution is -0.116. The second-order valence-corrected chi connectivity index (χ2v) is 7.69. The number of carbonyl (C=O) groups is 2. The van der Waals surface area contributed by atoms with Gasteiger partial charge in [-0.3, -0.25) is 15.0 Å². The SMILES string of the molecule is C=CC(=O)NCCOCc1cc(C)nc(C(=O)NNS(=O)(=O)c2ccccc2F)c1. The van der Waals surface area contributed by atoms with Crippen LogP contribution in [0.4, 0.5) is 4.39 Å². The molecule has 0 aliphatic carbocycles. The van der Waals surface area contributed by atoms with Crippen LogP contribution >= 0.6 is 0 Å². The largest absolute Gasteiger partial charge is 0.375 e. The van der Waals surface area contributed by atoms with Crippen molar-refractivity contribution in [3.8, 4) is 0 Å². The number of hydrogen-bond donors (Lipinski definition) is 3. The number of hydrogen-bond acceptors (Lipinski definition) is 6. The predicted octanol–water partition coefficient (Wildman–Crippen LogP) is 0.971. The van der Waals surface area contributed by atoms with Crippen LogP contribution in [0.25, 0.3) is 0 Å². The summed E-state index contributed by atoms with van der Waals surface area (Å²) in [4.78, 5) is 28.7. The number of aryl methyl sites for hydroxylation is 1. The van der Waals surface area contributed by atoms with E-state index in [1.807, 2.05) is 10.3 Å². The Bertz CT molecular complexity index is 1040. The number of aromatic nitrogens is 1. The van der Waals surface area contributed by atoms with E-state index in [4.69, 9.17) is 4.74 Å². The predicted molar refractivity (Wildman–Crippen MR) is 106 cm³/mol. The van der Waals surface area contributed by atoms with E-state index in [0.29, 0.717) is 17.8 Å². The van der Waals surface area contributed by atoms with Gasteiger partial charge in [-0.25, -0.2) is 17.8 Å². The molecule has 0 bridgehead atoms. The molecule has 2 aromatic rings. The number of nitrogens with one attached hydrogen (secondary N) is 3. The highest BCUT2D eigenvalue weighted by atomic mass is 32.2. The fourth-order valence-electron chi connectivity index (χ4n) is 2.34. The molecule has 0 spiro atoms. The average Bonchev–Trinajstić information content (AvgIpc) is 2.71. The number of carbonyl (C=O) groups excluding carboxylic acids is 2. The molecule has 9 nitrogen and oxygen atoms in total. The van der Waals surface area contributed by atoms with E-state index in [1.165, 1.54) is 18.2 Å². The molecule has 0 atom stereocenters. The molecule has 30 heavy (non-hydrogen) atoms. The zero-order valence-electron chi connectivity index (χ0n) is 16.1. The molecular weight excluding hydrogens is 415 g/mol. The van der Waals surface area contributed by atoms with Crippen LogP contribution in [0, 0.1) is 12.7 Å². The Hall–Kier alpha value is -3.15. The summed E-state index contributed by atoms with van der Waals surface area (Å²) >= 11 is 0. The Labute approximate surface area is 173 Å². The van der Waals surface area contributed by atoms with Gasteiger partial charge in [0.25, 0.3) is 15.9 Å². The number of amides is 2. The number of halogens is 1. The lowest BCUT2D eigenvalue weighted by Crippen LogP contribution is -2.42. The third-order valence-corrected chi connectivity index (χ3v) is 4.95. The fraction of sp³-hybridized carbons (Fsp3) is 0.211. The molecule has 3 N–H and O–H groups in total. The highest BCUT2D eigenvalue weighted by Crippen LogP contribution is 2.12. The maximum atomic E-state index is 13.7. The van der Waals surface area contributed by atoms with E-state index >= 15 is 0 Å². The lowest BCUT2D eigenvalue weighted by Gasteiger charge is -2.10. The maximum Gasteiger partial charge on any atom is 0.284 e. The van der Waals surface area contributed by atoms with E-state index in [2.05, 4.69) is 16.9 Å². The van der Waals surface area contributed by atoms with Crippen molar-refractivity contribution in [1.82, 2.24) is 20.6 Å². The number of hydrazine groups is 1. The Morgan fingerprint density at radius 1 is 1.27 bits per heavy atom. The number of sulfonamides is 1. The highest BCUT2D eigenvalue weighted by Gasteiger charge is 2.20. The normalized spacial score (nSPS) is 11.0. The van der Waals surface area contributed by atoms with Crippen LogP contribution < -0.4 is 15.6 Å². The maximum absolute atomic E-state index is 13.7. The molecule has 1 aromatic heterocycles. The van der Waals surface area contributed by atoms with Crippen LogP contribution in [0.15, 0.2) is 53.9 Å². The van der Waals surface area contributed by atoms with Crippen LogP contribution in [0.1, 0.15) is 21.7 Å². The number of benzene rings is 1. The van der Waals surface area contributed by atoms with E-state index in [1.54, 1.807) is 13.0 Å². The minimum absolute atomic E-state index is 0.0511. The van der Waals surface area contributed by atoms with Crippen molar-refractivity contribution < 1.29 is 27.1 Å².